The SMILES string of the molecule is O=C(CCC(=O)c1cccs1)c1ccc2c(c1)SCCO2. The Labute approximate surface area is 131 Å². The van der Waals surface area contributed by atoms with Gasteiger partial charge in [0.2, 0.25) is 0 Å². The van der Waals surface area contributed by atoms with Crippen LogP contribution in [-0.4, -0.2) is 23.9 Å². The Balaban J connectivity index is 1.64. The molecule has 2 aromatic rings. The van der Waals surface area contributed by atoms with Crippen LogP contribution >= 0.6 is 23.1 Å². The lowest BCUT2D eigenvalue weighted by atomic mass is 10.0. The zero-order valence-electron chi connectivity index (χ0n) is 11.3. The van der Waals surface area contributed by atoms with Crippen LogP contribution < -0.4 is 4.74 Å². The van der Waals surface area contributed by atoms with Crippen molar-refractivity contribution in [2.75, 3.05) is 12.4 Å². The molecular formula is C16H14O3S2. The Morgan fingerprint density at radius 2 is 2.00 bits per heavy atom. The number of thiophene rings is 1. The molecule has 1 aromatic carbocycles. The molecule has 0 amide bonds. The van der Waals surface area contributed by atoms with Gasteiger partial charge in [-0.15, -0.1) is 23.1 Å². The van der Waals surface area contributed by atoms with E-state index in [1.54, 1.807) is 23.9 Å². The van der Waals surface area contributed by atoms with Crippen molar-refractivity contribution in [2.24, 2.45) is 0 Å². The van der Waals surface area contributed by atoms with E-state index in [1.165, 1.54) is 11.3 Å². The minimum absolute atomic E-state index is 0.00822. The summed E-state index contributed by atoms with van der Waals surface area (Å²) in [6.07, 6.45) is 0.515. The maximum atomic E-state index is 12.2. The molecule has 0 unspecified atom stereocenters. The molecule has 0 atom stereocenters. The Bertz CT molecular complexity index is 662. The smallest absolute Gasteiger partial charge is 0.173 e. The summed E-state index contributed by atoms with van der Waals surface area (Å²) in [7, 11) is 0. The van der Waals surface area contributed by atoms with Gasteiger partial charge in [-0.05, 0) is 29.6 Å². The summed E-state index contributed by atoms with van der Waals surface area (Å²) >= 11 is 3.12. The van der Waals surface area contributed by atoms with Crippen LogP contribution in [0.5, 0.6) is 5.75 Å². The Morgan fingerprint density at radius 3 is 2.81 bits per heavy atom. The zero-order chi connectivity index (χ0) is 14.7. The summed E-state index contributed by atoms with van der Waals surface area (Å²) in [6.45, 7) is 0.709. The second-order valence-corrected chi connectivity index (χ2v) is 6.77. The lowest BCUT2D eigenvalue weighted by Crippen LogP contribution is -2.08. The van der Waals surface area contributed by atoms with E-state index in [1.807, 2.05) is 23.6 Å². The molecule has 1 aromatic heterocycles. The highest BCUT2D eigenvalue weighted by atomic mass is 32.2. The third-order valence-corrected chi connectivity index (χ3v) is 5.15. The predicted octanol–water partition coefficient (Wildman–Crippen LogP) is 4.08. The molecule has 0 saturated heterocycles. The number of ether oxygens (including phenoxy) is 1. The highest BCUT2D eigenvalue weighted by Gasteiger charge is 2.16. The van der Waals surface area contributed by atoms with Gasteiger partial charge in [-0.3, -0.25) is 9.59 Å². The summed E-state index contributed by atoms with van der Waals surface area (Å²) in [5, 5.41) is 1.87. The van der Waals surface area contributed by atoms with Crippen molar-refractivity contribution in [3.63, 3.8) is 0 Å². The van der Waals surface area contributed by atoms with Gasteiger partial charge in [-0.25, -0.2) is 0 Å². The van der Waals surface area contributed by atoms with Gasteiger partial charge in [0.05, 0.1) is 16.4 Å². The van der Waals surface area contributed by atoms with E-state index in [0.717, 1.165) is 21.3 Å². The Hall–Kier alpha value is -1.59. The first kappa shape index (κ1) is 14.4. The molecule has 3 rings (SSSR count). The second-order valence-electron chi connectivity index (χ2n) is 4.68. The molecule has 0 fully saturated rings. The minimum Gasteiger partial charge on any atom is -0.492 e. The third-order valence-electron chi connectivity index (χ3n) is 3.24. The van der Waals surface area contributed by atoms with Crippen LogP contribution in [0.4, 0.5) is 0 Å². The van der Waals surface area contributed by atoms with E-state index in [4.69, 9.17) is 4.74 Å². The van der Waals surface area contributed by atoms with Gasteiger partial charge in [-0.1, -0.05) is 6.07 Å². The highest BCUT2D eigenvalue weighted by Crippen LogP contribution is 2.34. The minimum atomic E-state index is 0.00822. The Morgan fingerprint density at radius 1 is 1.14 bits per heavy atom. The van der Waals surface area contributed by atoms with Crippen LogP contribution in [0.15, 0.2) is 40.6 Å². The van der Waals surface area contributed by atoms with Gasteiger partial charge in [0.1, 0.15) is 5.75 Å². The fourth-order valence-corrected chi connectivity index (χ4v) is 3.71. The number of carbonyl (C=O) groups excluding carboxylic acids is 2. The molecule has 0 spiro atoms. The highest BCUT2D eigenvalue weighted by molar-refractivity contribution is 7.99. The van der Waals surface area contributed by atoms with Crippen molar-refractivity contribution in [3.05, 3.63) is 46.2 Å². The lowest BCUT2D eigenvalue weighted by Gasteiger charge is -2.17. The van der Waals surface area contributed by atoms with E-state index in [0.29, 0.717) is 12.2 Å². The topological polar surface area (TPSA) is 43.4 Å². The average Bonchev–Trinajstić information content (AvgIpc) is 3.06. The summed E-state index contributed by atoms with van der Waals surface area (Å²) in [6, 6.07) is 9.14. The predicted molar refractivity (Wildman–Crippen MR) is 84.9 cm³/mol. The summed E-state index contributed by atoms with van der Waals surface area (Å²) < 4.78 is 5.52. The summed E-state index contributed by atoms with van der Waals surface area (Å²) in [5.41, 5.74) is 0.658. The van der Waals surface area contributed by atoms with Crippen molar-refractivity contribution in [2.45, 2.75) is 17.7 Å². The first-order chi connectivity index (χ1) is 10.2. The van der Waals surface area contributed by atoms with Crippen LogP contribution in [0.3, 0.4) is 0 Å². The first-order valence-electron chi connectivity index (χ1n) is 6.73. The summed E-state index contributed by atoms with van der Waals surface area (Å²) in [5.74, 6) is 1.79. The average molecular weight is 318 g/mol. The molecule has 1 aliphatic rings. The quantitative estimate of drug-likeness (QED) is 0.779. The molecule has 2 heterocycles. The van der Waals surface area contributed by atoms with E-state index in [-0.39, 0.29) is 24.4 Å². The van der Waals surface area contributed by atoms with E-state index < -0.39 is 0 Å². The molecular weight excluding hydrogens is 304 g/mol. The maximum Gasteiger partial charge on any atom is 0.173 e. The maximum absolute atomic E-state index is 12.2. The number of fused-ring (bicyclic) bond motifs is 1. The third kappa shape index (κ3) is 3.36. The van der Waals surface area contributed by atoms with Crippen molar-refractivity contribution in [3.8, 4) is 5.75 Å². The number of hydrogen-bond acceptors (Lipinski definition) is 5. The number of hydrogen-bond donors (Lipinski definition) is 0. The standard InChI is InChI=1S/C16H14O3S2/c17-12(4-5-13(18)15-2-1-8-20-15)11-3-6-14-16(10-11)21-9-7-19-14/h1-3,6,8,10H,4-5,7,9H2. The lowest BCUT2D eigenvalue weighted by molar-refractivity contribution is 0.0919. The number of Topliss-reactive ketones (excluding diaryl/α,β-unsaturated/α-hetero) is 2. The van der Waals surface area contributed by atoms with E-state index >= 15 is 0 Å². The largest absolute Gasteiger partial charge is 0.492 e. The number of carbonyl (C=O) groups is 2. The van der Waals surface area contributed by atoms with Gasteiger partial charge in [0.25, 0.3) is 0 Å². The normalized spacial score (nSPS) is 13.3. The number of rotatable bonds is 5. The fourth-order valence-electron chi connectivity index (χ4n) is 2.15. The molecule has 21 heavy (non-hydrogen) atoms. The fraction of sp³-hybridized carbons (Fsp3) is 0.250. The Kier molecular flexibility index (Phi) is 4.41. The summed E-state index contributed by atoms with van der Waals surface area (Å²) in [4.78, 5) is 25.8. The van der Waals surface area contributed by atoms with Crippen LogP contribution in [-0.2, 0) is 0 Å². The number of ketones is 2. The van der Waals surface area contributed by atoms with Gasteiger partial charge >= 0.3 is 0 Å². The monoisotopic (exact) mass is 318 g/mol. The van der Waals surface area contributed by atoms with Crippen molar-refractivity contribution < 1.29 is 14.3 Å². The molecule has 3 nitrogen and oxygen atoms in total. The van der Waals surface area contributed by atoms with Crippen LogP contribution in [0.2, 0.25) is 0 Å². The second kappa shape index (κ2) is 6.45. The van der Waals surface area contributed by atoms with E-state index in [2.05, 4.69) is 0 Å². The van der Waals surface area contributed by atoms with Gasteiger partial charge in [-0.2, -0.15) is 0 Å². The molecule has 108 valence electrons. The van der Waals surface area contributed by atoms with Crippen LogP contribution in [0.25, 0.3) is 0 Å². The molecule has 0 N–H and O–H groups in total. The molecule has 1 aliphatic heterocycles. The first-order valence-corrected chi connectivity index (χ1v) is 8.60. The van der Waals surface area contributed by atoms with Crippen LogP contribution in [0.1, 0.15) is 32.9 Å². The number of benzene rings is 1. The molecule has 0 saturated carbocycles. The molecule has 5 heteroatoms. The van der Waals surface area contributed by atoms with Crippen molar-refractivity contribution >= 4 is 34.7 Å². The molecule has 0 aliphatic carbocycles. The zero-order valence-corrected chi connectivity index (χ0v) is 13.0. The van der Waals surface area contributed by atoms with Gasteiger partial charge in [0.15, 0.2) is 11.6 Å². The van der Waals surface area contributed by atoms with Crippen molar-refractivity contribution in [1.82, 2.24) is 0 Å². The number of thioether (sulfide) groups is 1. The van der Waals surface area contributed by atoms with Crippen molar-refractivity contribution in [1.29, 1.82) is 0 Å². The molecule has 0 bridgehead atoms. The van der Waals surface area contributed by atoms with Gasteiger partial charge in [0, 0.05) is 24.2 Å². The van der Waals surface area contributed by atoms with Crippen LogP contribution in [0, 0.1) is 0 Å². The van der Waals surface area contributed by atoms with E-state index in [9.17, 15) is 9.59 Å². The van der Waals surface area contributed by atoms with Gasteiger partial charge < -0.3 is 4.74 Å². The molecule has 0 radical (unpaired) electrons.